The van der Waals surface area contributed by atoms with Crippen LogP contribution in [-0.2, 0) is 4.79 Å². The molecule has 0 atom stereocenters. The Morgan fingerprint density at radius 1 is 1.54 bits per heavy atom. The molecule has 0 saturated carbocycles. The predicted octanol–water partition coefficient (Wildman–Crippen LogP) is 2.85. The smallest absolute Gasteiger partial charge is 0.339 e. The fourth-order valence-electron chi connectivity index (χ4n) is 0.752. The van der Waals surface area contributed by atoms with Gasteiger partial charge in [0.15, 0.2) is 5.06 Å². The standard InChI is InChI=1S/C10H12O2S/c1-6(2)9(11)12-10-8(4)7(3)5-13-10/h5H,1H2,2-4H3. The maximum Gasteiger partial charge on any atom is 0.339 e. The van der Waals surface area contributed by atoms with E-state index in [0.29, 0.717) is 10.6 Å². The molecule has 70 valence electrons. The Bertz CT molecular complexity index is 350. The second-order valence-electron chi connectivity index (χ2n) is 3.00. The number of carbonyl (C=O) groups excluding carboxylic acids is 1. The molecular weight excluding hydrogens is 184 g/mol. The number of rotatable bonds is 2. The van der Waals surface area contributed by atoms with E-state index in [2.05, 4.69) is 6.58 Å². The monoisotopic (exact) mass is 196 g/mol. The Morgan fingerprint density at radius 2 is 2.15 bits per heavy atom. The van der Waals surface area contributed by atoms with Gasteiger partial charge in [-0.25, -0.2) is 4.79 Å². The number of esters is 1. The molecule has 0 fully saturated rings. The molecule has 1 heterocycles. The molecule has 0 spiro atoms. The van der Waals surface area contributed by atoms with E-state index < -0.39 is 0 Å². The van der Waals surface area contributed by atoms with Crippen LogP contribution in [0.4, 0.5) is 0 Å². The van der Waals surface area contributed by atoms with Crippen molar-refractivity contribution in [3.8, 4) is 5.06 Å². The molecule has 13 heavy (non-hydrogen) atoms. The maximum absolute atomic E-state index is 11.2. The molecule has 0 aromatic carbocycles. The minimum absolute atomic E-state index is 0.357. The third kappa shape index (κ3) is 2.18. The average molecular weight is 196 g/mol. The molecule has 0 saturated heterocycles. The van der Waals surface area contributed by atoms with Gasteiger partial charge in [0.1, 0.15) is 0 Å². The summed E-state index contributed by atoms with van der Waals surface area (Å²) in [4.78, 5) is 11.2. The SMILES string of the molecule is C=C(C)C(=O)Oc1scc(C)c1C. The fraction of sp³-hybridized carbons (Fsp3) is 0.300. The topological polar surface area (TPSA) is 26.3 Å². The lowest BCUT2D eigenvalue weighted by Gasteiger charge is -2.01. The first kappa shape index (κ1) is 9.99. The number of thiophene rings is 1. The quantitative estimate of drug-likeness (QED) is 0.537. The zero-order valence-electron chi connectivity index (χ0n) is 8.01. The van der Waals surface area contributed by atoms with Crippen LogP contribution in [0.3, 0.4) is 0 Å². The Hall–Kier alpha value is -1.09. The van der Waals surface area contributed by atoms with E-state index in [1.54, 1.807) is 6.92 Å². The number of hydrogen-bond donors (Lipinski definition) is 0. The molecule has 1 rings (SSSR count). The Morgan fingerprint density at radius 3 is 2.54 bits per heavy atom. The highest BCUT2D eigenvalue weighted by atomic mass is 32.1. The van der Waals surface area contributed by atoms with Crippen LogP contribution in [0.5, 0.6) is 5.06 Å². The summed E-state index contributed by atoms with van der Waals surface area (Å²) in [5.74, 6) is -0.357. The fourth-order valence-corrected chi connectivity index (χ4v) is 1.67. The van der Waals surface area contributed by atoms with Gasteiger partial charge in [0.05, 0.1) is 0 Å². The number of hydrogen-bond acceptors (Lipinski definition) is 3. The van der Waals surface area contributed by atoms with E-state index in [0.717, 1.165) is 11.1 Å². The Balaban J connectivity index is 2.81. The lowest BCUT2D eigenvalue weighted by molar-refractivity contribution is -0.129. The molecule has 1 aromatic heterocycles. The van der Waals surface area contributed by atoms with Crippen LogP contribution in [0.25, 0.3) is 0 Å². The lowest BCUT2D eigenvalue weighted by Crippen LogP contribution is -2.07. The summed E-state index contributed by atoms with van der Waals surface area (Å²) in [6, 6.07) is 0. The van der Waals surface area contributed by atoms with Crippen molar-refractivity contribution in [2.45, 2.75) is 20.8 Å². The van der Waals surface area contributed by atoms with Crippen LogP contribution in [0.2, 0.25) is 0 Å². The number of aryl methyl sites for hydroxylation is 1. The van der Waals surface area contributed by atoms with Crippen LogP contribution >= 0.6 is 11.3 Å². The summed E-state index contributed by atoms with van der Waals surface area (Å²) in [5, 5.41) is 2.64. The first-order valence-electron chi connectivity index (χ1n) is 3.94. The van der Waals surface area contributed by atoms with Gasteiger partial charge in [-0.05, 0) is 31.7 Å². The lowest BCUT2D eigenvalue weighted by atomic mass is 10.2. The second kappa shape index (κ2) is 3.75. The summed E-state index contributed by atoms with van der Waals surface area (Å²) in [6.45, 7) is 9.08. The van der Waals surface area contributed by atoms with Gasteiger partial charge in [-0.3, -0.25) is 0 Å². The minimum atomic E-state index is -0.357. The minimum Gasteiger partial charge on any atom is -0.412 e. The van der Waals surface area contributed by atoms with Gasteiger partial charge in [0, 0.05) is 11.1 Å². The van der Waals surface area contributed by atoms with Crippen LogP contribution in [-0.4, -0.2) is 5.97 Å². The second-order valence-corrected chi connectivity index (χ2v) is 3.84. The van der Waals surface area contributed by atoms with Crippen molar-refractivity contribution < 1.29 is 9.53 Å². The van der Waals surface area contributed by atoms with Crippen molar-refractivity contribution in [3.63, 3.8) is 0 Å². The van der Waals surface area contributed by atoms with Crippen LogP contribution in [0.15, 0.2) is 17.5 Å². The van der Waals surface area contributed by atoms with Gasteiger partial charge in [-0.1, -0.05) is 6.58 Å². The van der Waals surface area contributed by atoms with Crippen molar-refractivity contribution in [1.82, 2.24) is 0 Å². The van der Waals surface area contributed by atoms with Gasteiger partial charge in [0.2, 0.25) is 0 Å². The molecule has 3 heteroatoms. The van der Waals surface area contributed by atoms with Crippen LogP contribution in [0.1, 0.15) is 18.1 Å². The van der Waals surface area contributed by atoms with Gasteiger partial charge in [-0.15, -0.1) is 11.3 Å². The summed E-state index contributed by atoms with van der Waals surface area (Å²) >= 11 is 1.44. The Kier molecular flexibility index (Phi) is 2.88. The average Bonchev–Trinajstić information content (AvgIpc) is 2.36. The van der Waals surface area contributed by atoms with E-state index in [4.69, 9.17) is 4.74 Å². The zero-order chi connectivity index (χ0) is 10.0. The molecule has 0 aliphatic carbocycles. The molecule has 0 aliphatic heterocycles. The third-order valence-electron chi connectivity index (χ3n) is 1.77. The van der Waals surface area contributed by atoms with Crippen molar-refractivity contribution in [1.29, 1.82) is 0 Å². The van der Waals surface area contributed by atoms with Crippen molar-refractivity contribution in [2.75, 3.05) is 0 Å². The van der Waals surface area contributed by atoms with Gasteiger partial charge in [0.25, 0.3) is 0 Å². The van der Waals surface area contributed by atoms with Gasteiger partial charge >= 0.3 is 5.97 Å². The van der Waals surface area contributed by atoms with Gasteiger partial charge in [-0.2, -0.15) is 0 Å². The molecule has 0 N–H and O–H groups in total. The molecule has 0 unspecified atom stereocenters. The largest absolute Gasteiger partial charge is 0.412 e. The highest BCUT2D eigenvalue weighted by Crippen LogP contribution is 2.29. The van der Waals surface area contributed by atoms with E-state index in [-0.39, 0.29) is 5.97 Å². The van der Waals surface area contributed by atoms with E-state index in [1.807, 2.05) is 19.2 Å². The molecule has 2 nitrogen and oxygen atoms in total. The highest BCUT2D eigenvalue weighted by molar-refractivity contribution is 7.12. The first-order chi connectivity index (χ1) is 6.02. The Labute approximate surface area is 81.8 Å². The number of carbonyl (C=O) groups is 1. The van der Waals surface area contributed by atoms with Crippen LogP contribution in [0, 0.1) is 13.8 Å². The molecule has 0 radical (unpaired) electrons. The highest BCUT2D eigenvalue weighted by Gasteiger charge is 2.10. The normalized spacial score (nSPS) is 9.77. The van der Waals surface area contributed by atoms with Crippen molar-refractivity contribution in [2.24, 2.45) is 0 Å². The van der Waals surface area contributed by atoms with E-state index in [9.17, 15) is 4.79 Å². The summed E-state index contributed by atoms with van der Waals surface area (Å²) in [5.41, 5.74) is 2.60. The van der Waals surface area contributed by atoms with Crippen LogP contribution < -0.4 is 4.74 Å². The third-order valence-corrected chi connectivity index (χ3v) is 2.85. The maximum atomic E-state index is 11.2. The summed E-state index contributed by atoms with van der Waals surface area (Å²) in [6.07, 6.45) is 0. The van der Waals surface area contributed by atoms with E-state index in [1.165, 1.54) is 11.3 Å². The van der Waals surface area contributed by atoms with Gasteiger partial charge < -0.3 is 4.74 Å². The zero-order valence-corrected chi connectivity index (χ0v) is 8.83. The van der Waals surface area contributed by atoms with Crippen molar-refractivity contribution >= 4 is 17.3 Å². The first-order valence-corrected chi connectivity index (χ1v) is 4.82. The van der Waals surface area contributed by atoms with E-state index >= 15 is 0 Å². The predicted molar refractivity (Wildman–Crippen MR) is 54.2 cm³/mol. The molecule has 1 aromatic rings. The molecule has 0 amide bonds. The summed E-state index contributed by atoms with van der Waals surface area (Å²) < 4.78 is 5.11. The summed E-state index contributed by atoms with van der Waals surface area (Å²) in [7, 11) is 0. The molecule has 0 bridgehead atoms. The molecular formula is C10H12O2S. The number of ether oxygens (including phenoxy) is 1. The molecule has 0 aliphatic rings. The van der Waals surface area contributed by atoms with Crippen molar-refractivity contribution in [3.05, 3.63) is 28.7 Å².